The molecule has 0 saturated heterocycles. The molecule has 0 aliphatic rings. The number of rotatable bonds is 6. The molecule has 108 valence electrons. The van der Waals surface area contributed by atoms with Gasteiger partial charge < -0.3 is 5.32 Å². The second-order valence-electron chi connectivity index (χ2n) is 3.94. The molecule has 8 heteroatoms. The summed E-state index contributed by atoms with van der Waals surface area (Å²) in [4.78, 5) is 4.90. The molecule has 0 spiro atoms. The van der Waals surface area contributed by atoms with Gasteiger partial charge in [-0.25, -0.2) is 18.1 Å². The summed E-state index contributed by atoms with van der Waals surface area (Å²) in [6.45, 7) is 2.78. The molecule has 2 aromatic rings. The van der Waals surface area contributed by atoms with E-state index in [1.807, 2.05) is 18.4 Å². The monoisotopic (exact) mass is 375 g/mol. The number of sulfonamides is 1. The molecule has 0 fully saturated rings. The highest BCUT2D eigenvalue weighted by molar-refractivity contribution is 9.10. The first-order valence-electron chi connectivity index (χ1n) is 5.94. The predicted molar refractivity (Wildman–Crippen MR) is 84.4 cm³/mol. The molecule has 0 radical (unpaired) electrons. The van der Waals surface area contributed by atoms with Gasteiger partial charge in [-0.3, -0.25) is 0 Å². The van der Waals surface area contributed by atoms with Crippen molar-refractivity contribution in [3.05, 3.63) is 39.1 Å². The van der Waals surface area contributed by atoms with Gasteiger partial charge in [0.15, 0.2) is 5.03 Å². The molecule has 2 aromatic heterocycles. The van der Waals surface area contributed by atoms with Crippen molar-refractivity contribution in [2.45, 2.75) is 18.5 Å². The summed E-state index contributed by atoms with van der Waals surface area (Å²) >= 11 is 4.83. The van der Waals surface area contributed by atoms with Crippen molar-refractivity contribution in [2.75, 3.05) is 11.9 Å². The van der Waals surface area contributed by atoms with Crippen LogP contribution in [0.25, 0.3) is 0 Å². The van der Waals surface area contributed by atoms with Crippen LogP contribution in [-0.2, 0) is 16.6 Å². The average molecular weight is 376 g/mol. The predicted octanol–water partition coefficient (Wildman–Crippen LogP) is 2.82. The van der Waals surface area contributed by atoms with Crippen LogP contribution in [0.3, 0.4) is 0 Å². The van der Waals surface area contributed by atoms with E-state index in [0.717, 1.165) is 9.35 Å². The molecule has 0 aliphatic heterocycles. The third kappa shape index (κ3) is 3.78. The summed E-state index contributed by atoms with van der Waals surface area (Å²) in [7, 11) is -3.63. The maximum absolute atomic E-state index is 12.3. The maximum Gasteiger partial charge on any atom is 0.260 e. The Hall–Kier alpha value is -0.960. The lowest BCUT2D eigenvalue weighted by Crippen LogP contribution is -2.25. The Balaban J connectivity index is 2.18. The normalized spacial score (nSPS) is 11.5. The number of aromatic nitrogens is 1. The van der Waals surface area contributed by atoms with E-state index in [9.17, 15) is 8.42 Å². The standard InChI is InChI=1S/C12H14BrN3O2S2/c1-2-14-11-4-3-5-15-12(11)20(17,18)16-7-10-6-9(13)8-19-10/h3-6,8,14,16H,2,7H2,1H3. The van der Waals surface area contributed by atoms with E-state index in [0.29, 0.717) is 12.2 Å². The van der Waals surface area contributed by atoms with Crippen molar-refractivity contribution < 1.29 is 8.42 Å². The van der Waals surface area contributed by atoms with E-state index in [1.165, 1.54) is 17.5 Å². The van der Waals surface area contributed by atoms with Crippen molar-refractivity contribution in [1.82, 2.24) is 9.71 Å². The minimum absolute atomic E-state index is 0.0254. The van der Waals surface area contributed by atoms with Gasteiger partial charge >= 0.3 is 0 Å². The summed E-state index contributed by atoms with van der Waals surface area (Å²) in [5.74, 6) is 0. The van der Waals surface area contributed by atoms with E-state index < -0.39 is 10.0 Å². The Kier molecular flexibility index (Phi) is 5.14. The van der Waals surface area contributed by atoms with Gasteiger partial charge in [0.1, 0.15) is 0 Å². The zero-order valence-electron chi connectivity index (χ0n) is 10.8. The third-order valence-corrected chi connectivity index (χ3v) is 5.51. The highest BCUT2D eigenvalue weighted by Gasteiger charge is 2.19. The molecule has 0 aliphatic carbocycles. The number of thiophene rings is 1. The van der Waals surface area contributed by atoms with Gasteiger partial charge in [-0.15, -0.1) is 11.3 Å². The molecule has 0 aromatic carbocycles. The smallest absolute Gasteiger partial charge is 0.260 e. The van der Waals surface area contributed by atoms with E-state index in [1.54, 1.807) is 12.1 Å². The Labute approximate surface area is 130 Å². The van der Waals surface area contributed by atoms with Crippen molar-refractivity contribution in [3.8, 4) is 0 Å². The van der Waals surface area contributed by atoms with Crippen LogP contribution in [-0.4, -0.2) is 19.9 Å². The number of hydrogen-bond donors (Lipinski definition) is 2. The summed E-state index contributed by atoms with van der Waals surface area (Å²) in [5.41, 5.74) is 0.509. The van der Waals surface area contributed by atoms with Crippen LogP contribution in [0.5, 0.6) is 0 Å². The fraction of sp³-hybridized carbons (Fsp3) is 0.250. The Morgan fingerprint density at radius 2 is 2.25 bits per heavy atom. The highest BCUT2D eigenvalue weighted by atomic mass is 79.9. The minimum Gasteiger partial charge on any atom is -0.383 e. The van der Waals surface area contributed by atoms with Crippen LogP contribution in [0.4, 0.5) is 5.69 Å². The zero-order chi connectivity index (χ0) is 14.6. The average Bonchev–Trinajstić information content (AvgIpc) is 2.83. The molecule has 2 rings (SSSR count). The summed E-state index contributed by atoms with van der Waals surface area (Å²) in [6.07, 6.45) is 1.47. The van der Waals surface area contributed by atoms with Crippen LogP contribution in [0.15, 0.2) is 39.3 Å². The SMILES string of the molecule is CCNc1cccnc1S(=O)(=O)NCc1cc(Br)cs1. The van der Waals surface area contributed by atoms with Gasteiger partial charge in [-0.1, -0.05) is 0 Å². The molecule has 5 nitrogen and oxygen atoms in total. The molecular weight excluding hydrogens is 362 g/mol. The lowest BCUT2D eigenvalue weighted by molar-refractivity contribution is 0.578. The van der Waals surface area contributed by atoms with Crippen LogP contribution in [0, 0.1) is 0 Å². The number of hydrogen-bond acceptors (Lipinski definition) is 5. The number of anilines is 1. The van der Waals surface area contributed by atoms with E-state index >= 15 is 0 Å². The fourth-order valence-electron chi connectivity index (χ4n) is 1.61. The topological polar surface area (TPSA) is 71.1 Å². The van der Waals surface area contributed by atoms with Crippen LogP contribution < -0.4 is 10.0 Å². The Morgan fingerprint density at radius 3 is 2.90 bits per heavy atom. The Morgan fingerprint density at radius 1 is 1.45 bits per heavy atom. The molecule has 0 unspecified atom stereocenters. The molecular formula is C12H14BrN3O2S2. The number of pyridine rings is 1. The fourth-order valence-corrected chi connectivity index (χ4v) is 4.20. The van der Waals surface area contributed by atoms with Crippen LogP contribution in [0.1, 0.15) is 11.8 Å². The molecule has 0 amide bonds. The van der Waals surface area contributed by atoms with Gasteiger partial charge in [0.2, 0.25) is 0 Å². The lowest BCUT2D eigenvalue weighted by Gasteiger charge is -2.10. The van der Waals surface area contributed by atoms with E-state index in [-0.39, 0.29) is 11.6 Å². The Bertz CT molecular complexity index is 686. The maximum atomic E-state index is 12.3. The molecule has 0 saturated carbocycles. The lowest BCUT2D eigenvalue weighted by atomic mass is 10.4. The largest absolute Gasteiger partial charge is 0.383 e. The quantitative estimate of drug-likeness (QED) is 0.814. The first-order valence-corrected chi connectivity index (χ1v) is 9.10. The van der Waals surface area contributed by atoms with Crippen LogP contribution in [0.2, 0.25) is 0 Å². The van der Waals surface area contributed by atoms with Gasteiger partial charge in [0.05, 0.1) is 5.69 Å². The molecule has 2 N–H and O–H groups in total. The number of nitrogens with zero attached hydrogens (tertiary/aromatic N) is 1. The summed E-state index contributed by atoms with van der Waals surface area (Å²) in [6, 6.07) is 5.29. The highest BCUT2D eigenvalue weighted by Crippen LogP contribution is 2.21. The van der Waals surface area contributed by atoms with Gasteiger partial charge in [-0.05, 0) is 41.1 Å². The van der Waals surface area contributed by atoms with E-state index in [4.69, 9.17) is 0 Å². The third-order valence-electron chi connectivity index (χ3n) is 2.45. The van der Waals surface area contributed by atoms with Gasteiger partial charge in [0, 0.05) is 34.0 Å². The van der Waals surface area contributed by atoms with Crippen LogP contribution >= 0.6 is 27.3 Å². The zero-order valence-corrected chi connectivity index (χ0v) is 14.0. The van der Waals surface area contributed by atoms with Crippen molar-refractivity contribution in [2.24, 2.45) is 0 Å². The van der Waals surface area contributed by atoms with E-state index in [2.05, 4.69) is 31.0 Å². The minimum atomic E-state index is -3.63. The summed E-state index contributed by atoms with van der Waals surface area (Å²) < 4.78 is 28.1. The molecule has 0 atom stereocenters. The second-order valence-corrected chi connectivity index (χ2v) is 7.54. The summed E-state index contributed by atoms with van der Waals surface area (Å²) in [5, 5.41) is 4.93. The number of nitrogens with one attached hydrogen (secondary N) is 2. The van der Waals surface area contributed by atoms with Gasteiger partial charge in [-0.2, -0.15) is 0 Å². The molecule has 2 heterocycles. The first kappa shape index (κ1) is 15.4. The van der Waals surface area contributed by atoms with Crippen molar-refractivity contribution in [3.63, 3.8) is 0 Å². The van der Waals surface area contributed by atoms with Gasteiger partial charge in [0.25, 0.3) is 10.0 Å². The number of halogens is 1. The molecule has 0 bridgehead atoms. The van der Waals surface area contributed by atoms with Crippen molar-refractivity contribution in [1.29, 1.82) is 0 Å². The van der Waals surface area contributed by atoms with Crippen molar-refractivity contribution >= 4 is 43.0 Å². The second kappa shape index (κ2) is 6.66. The molecule has 20 heavy (non-hydrogen) atoms. The first-order chi connectivity index (χ1) is 9.53.